The molecule has 1 atom stereocenters. The molecule has 0 aromatic heterocycles. The largest absolute Gasteiger partial charge is 0.466 e. The Balaban J connectivity index is 4.94. The molecule has 120 valence electrons. The topological polar surface area (TPSA) is 26.3 Å². The van der Waals surface area contributed by atoms with Gasteiger partial charge in [-0.05, 0) is 30.2 Å². The number of hydrogen-bond acceptors (Lipinski definition) is 2. The van der Waals surface area contributed by atoms with E-state index in [1.54, 1.807) is 0 Å². The van der Waals surface area contributed by atoms with Crippen molar-refractivity contribution in [2.24, 2.45) is 16.2 Å². The zero-order chi connectivity index (χ0) is 16.4. The van der Waals surface area contributed by atoms with Gasteiger partial charge in [-0.2, -0.15) is 0 Å². The van der Waals surface area contributed by atoms with Gasteiger partial charge in [-0.25, -0.2) is 0 Å². The minimum absolute atomic E-state index is 0.0295. The molecule has 0 saturated carbocycles. The minimum Gasteiger partial charge on any atom is -0.466 e. The molecular weight excluding hydrogens is 264 g/mol. The molecular formula is C17H36O2Si. The first-order valence-corrected chi connectivity index (χ1v) is 11.5. The van der Waals surface area contributed by atoms with Crippen LogP contribution >= 0.6 is 0 Å². The van der Waals surface area contributed by atoms with Crippen molar-refractivity contribution < 1.29 is 9.53 Å². The highest BCUT2D eigenvalue weighted by molar-refractivity contribution is 6.76. The minimum atomic E-state index is -1.15. The van der Waals surface area contributed by atoms with E-state index >= 15 is 0 Å². The van der Waals surface area contributed by atoms with Gasteiger partial charge in [0.25, 0.3) is 0 Å². The van der Waals surface area contributed by atoms with Gasteiger partial charge in [0.05, 0.1) is 12.0 Å². The molecule has 0 aliphatic heterocycles. The van der Waals surface area contributed by atoms with Gasteiger partial charge < -0.3 is 4.74 Å². The third-order valence-corrected chi connectivity index (χ3v) is 5.78. The Labute approximate surface area is 127 Å². The molecule has 0 radical (unpaired) electrons. The van der Waals surface area contributed by atoms with Gasteiger partial charge in [0, 0.05) is 8.07 Å². The molecule has 0 aliphatic carbocycles. The summed E-state index contributed by atoms with van der Waals surface area (Å²) in [4.78, 5) is 12.7. The first kappa shape index (κ1) is 19.7. The van der Waals surface area contributed by atoms with Crippen molar-refractivity contribution in [1.82, 2.24) is 0 Å². The number of rotatable bonds is 5. The monoisotopic (exact) mass is 300 g/mol. The lowest BCUT2D eigenvalue weighted by Gasteiger charge is -2.43. The maximum Gasteiger partial charge on any atom is 0.312 e. The van der Waals surface area contributed by atoms with Gasteiger partial charge in [0.1, 0.15) is 0 Å². The Morgan fingerprint density at radius 1 is 0.950 bits per heavy atom. The van der Waals surface area contributed by atoms with E-state index in [1.165, 1.54) is 0 Å². The second-order valence-electron chi connectivity index (χ2n) is 9.77. The quantitative estimate of drug-likeness (QED) is 0.505. The zero-order valence-electron chi connectivity index (χ0n) is 15.4. The van der Waals surface area contributed by atoms with E-state index in [0.29, 0.717) is 6.61 Å². The summed E-state index contributed by atoms with van der Waals surface area (Å²) in [6, 6.07) is 1.04. The lowest BCUT2D eigenvalue weighted by molar-refractivity contribution is -0.164. The average Bonchev–Trinajstić information content (AvgIpc) is 2.10. The maximum atomic E-state index is 12.7. The summed E-state index contributed by atoms with van der Waals surface area (Å²) < 4.78 is 5.65. The number of esters is 1. The van der Waals surface area contributed by atoms with Crippen LogP contribution in [-0.4, -0.2) is 20.7 Å². The molecule has 1 unspecified atom stereocenters. The van der Waals surface area contributed by atoms with E-state index < -0.39 is 13.5 Å². The fraction of sp³-hybridized carbons (Fsp3) is 0.941. The standard InChI is InChI=1S/C17H36O2Si/c1-15(2,3)13-17(7,16(4,5)6)14(18)19-11-12-20(8,9)10/h11-13H2,1-10H3. The van der Waals surface area contributed by atoms with Crippen LogP contribution in [0.2, 0.25) is 25.7 Å². The molecule has 0 heterocycles. The van der Waals surface area contributed by atoms with Gasteiger partial charge in [-0.3, -0.25) is 4.79 Å². The maximum absolute atomic E-state index is 12.7. The van der Waals surface area contributed by atoms with E-state index in [2.05, 4.69) is 68.1 Å². The summed E-state index contributed by atoms with van der Waals surface area (Å²) in [6.07, 6.45) is 0.843. The number of ether oxygens (including phenoxy) is 1. The molecule has 2 nitrogen and oxygen atoms in total. The molecule has 20 heavy (non-hydrogen) atoms. The lowest BCUT2D eigenvalue weighted by atomic mass is 9.61. The lowest BCUT2D eigenvalue weighted by Crippen LogP contribution is -2.44. The van der Waals surface area contributed by atoms with Crippen molar-refractivity contribution in [1.29, 1.82) is 0 Å². The van der Waals surface area contributed by atoms with Crippen LogP contribution in [0.1, 0.15) is 54.9 Å². The fourth-order valence-electron chi connectivity index (χ4n) is 2.31. The molecule has 0 fully saturated rings. The predicted molar refractivity (Wildman–Crippen MR) is 90.7 cm³/mol. The first-order chi connectivity index (χ1) is 8.58. The molecule has 0 N–H and O–H groups in total. The SMILES string of the molecule is CC(C)(C)CC(C)(C(=O)OCC[Si](C)(C)C)C(C)(C)C. The van der Waals surface area contributed by atoms with Crippen LogP contribution in [0.3, 0.4) is 0 Å². The molecule has 0 aliphatic rings. The van der Waals surface area contributed by atoms with E-state index in [9.17, 15) is 4.79 Å². The van der Waals surface area contributed by atoms with Gasteiger partial charge in [0.2, 0.25) is 0 Å². The number of hydrogen-bond donors (Lipinski definition) is 0. The average molecular weight is 301 g/mol. The highest BCUT2D eigenvalue weighted by atomic mass is 28.3. The molecule has 0 aromatic carbocycles. The molecule has 3 heteroatoms. The van der Waals surface area contributed by atoms with E-state index in [1.807, 2.05) is 0 Å². The van der Waals surface area contributed by atoms with Crippen LogP contribution in [0.5, 0.6) is 0 Å². The van der Waals surface area contributed by atoms with Crippen molar-refractivity contribution in [3.8, 4) is 0 Å². The third-order valence-electron chi connectivity index (χ3n) is 4.07. The molecule has 0 saturated heterocycles. The van der Waals surface area contributed by atoms with E-state index in [-0.39, 0.29) is 16.8 Å². The molecule has 0 bridgehead atoms. The molecule has 0 amide bonds. The van der Waals surface area contributed by atoms with Gasteiger partial charge in [0.15, 0.2) is 0 Å². The van der Waals surface area contributed by atoms with Crippen LogP contribution in [0.25, 0.3) is 0 Å². The number of carbonyl (C=O) groups is 1. The van der Waals surface area contributed by atoms with Crippen LogP contribution in [0, 0.1) is 16.2 Å². The third kappa shape index (κ3) is 6.42. The van der Waals surface area contributed by atoms with E-state index in [0.717, 1.165) is 12.5 Å². The van der Waals surface area contributed by atoms with Crippen LogP contribution in [0.15, 0.2) is 0 Å². The van der Waals surface area contributed by atoms with Crippen LogP contribution < -0.4 is 0 Å². The molecule has 0 rings (SSSR count). The highest BCUT2D eigenvalue weighted by Gasteiger charge is 2.47. The molecule has 0 spiro atoms. The van der Waals surface area contributed by atoms with Gasteiger partial charge in [-0.1, -0.05) is 61.2 Å². The highest BCUT2D eigenvalue weighted by Crippen LogP contribution is 2.47. The fourth-order valence-corrected chi connectivity index (χ4v) is 3.03. The summed E-state index contributed by atoms with van der Waals surface area (Å²) >= 11 is 0. The van der Waals surface area contributed by atoms with Crippen molar-refractivity contribution in [3.63, 3.8) is 0 Å². The van der Waals surface area contributed by atoms with Crippen molar-refractivity contribution in [2.75, 3.05) is 6.61 Å². The summed E-state index contributed by atoms with van der Waals surface area (Å²) in [7, 11) is -1.15. The summed E-state index contributed by atoms with van der Waals surface area (Å²) in [6.45, 7) is 22.5. The molecule has 0 aromatic rings. The summed E-state index contributed by atoms with van der Waals surface area (Å²) in [5, 5.41) is 0. The van der Waals surface area contributed by atoms with Crippen molar-refractivity contribution in [2.45, 2.75) is 80.6 Å². The van der Waals surface area contributed by atoms with Crippen molar-refractivity contribution in [3.05, 3.63) is 0 Å². The Kier molecular flexibility index (Phi) is 6.11. The Morgan fingerprint density at radius 2 is 1.40 bits per heavy atom. The second kappa shape index (κ2) is 6.21. The van der Waals surface area contributed by atoms with Crippen molar-refractivity contribution >= 4 is 14.0 Å². The zero-order valence-corrected chi connectivity index (χ0v) is 16.4. The Hall–Kier alpha value is -0.313. The van der Waals surface area contributed by atoms with E-state index in [4.69, 9.17) is 4.74 Å². The summed E-state index contributed by atoms with van der Waals surface area (Å²) in [5.41, 5.74) is -0.430. The smallest absolute Gasteiger partial charge is 0.312 e. The normalized spacial score (nSPS) is 16.7. The Morgan fingerprint density at radius 3 is 1.70 bits per heavy atom. The van der Waals surface area contributed by atoms with Crippen LogP contribution in [-0.2, 0) is 9.53 Å². The van der Waals surface area contributed by atoms with Crippen LogP contribution in [0.4, 0.5) is 0 Å². The number of carbonyl (C=O) groups excluding carboxylic acids is 1. The van der Waals surface area contributed by atoms with Gasteiger partial charge >= 0.3 is 5.97 Å². The first-order valence-electron chi connectivity index (χ1n) is 7.76. The second-order valence-corrected chi connectivity index (χ2v) is 15.4. The summed E-state index contributed by atoms with van der Waals surface area (Å²) in [5.74, 6) is -0.0295. The van der Waals surface area contributed by atoms with Gasteiger partial charge in [-0.15, -0.1) is 0 Å². The Bertz CT molecular complexity index is 328. The predicted octanol–water partition coefficient (Wildman–Crippen LogP) is 5.36.